The maximum Gasteiger partial charge on any atom is 0.309 e. The van der Waals surface area contributed by atoms with Gasteiger partial charge in [0.1, 0.15) is 0 Å². The Kier molecular flexibility index (Phi) is 5.45. The van der Waals surface area contributed by atoms with Crippen molar-refractivity contribution >= 4 is 34.3 Å². The topological polar surface area (TPSA) is 36.5 Å². The van der Waals surface area contributed by atoms with Crippen LogP contribution in [0.5, 0.6) is 0 Å². The Morgan fingerprint density at radius 1 is 1.19 bits per heavy atom. The molecule has 1 aliphatic rings. The number of rotatable bonds is 6. The molecule has 4 heterocycles. The molecule has 3 aromatic heterocycles. The molecule has 0 radical (unpaired) electrons. The van der Waals surface area contributed by atoms with E-state index in [4.69, 9.17) is 5.10 Å². The summed E-state index contributed by atoms with van der Waals surface area (Å²) in [5.74, 6) is 0.0215. The van der Waals surface area contributed by atoms with Gasteiger partial charge in [-0.2, -0.15) is 9.67 Å². The molecule has 0 saturated carbocycles. The van der Waals surface area contributed by atoms with Gasteiger partial charge in [-0.3, -0.25) is 4.79 Å². The second kappa shape index (κ2) is 8.15. The number of amides is 1. The van der Waals surface area contributed by atoms with Gasteiger partial charge in [0.05, 0.1) is 16.6 Å². The summed E-state index contributed by atoms with van der Waals surface area (Å²) in [6.07, 6.45) is 6.94. The summed E-state index contributed by atoms with van der Waals surface area (Å²) in [5, 5.41) is 10.5. The molecule has 4 rings (SSSR count). The first-order valence-corrected chi connectivity index (χ1v) is 11.0. The molecule has 6 heteroatoms. The molecule has 0 spiro atoms. The van der Waals surface area contributed by atoms with Gasteiger partial charge in [-0.15, -0.1) is 22.7 Å². The van der Waals surface area contributed by atoms with E-state index in [0.717, 1.165) is 29.9 Å². The molecular weight excluding hydrogens is 374 g/mol. The van der Waals surface area contributed by atoms with Crippen LogP contribution < -0.4 is 4.57 Å². The maximum atomic E-state index is 13.1. The average Bonchev–Trinajstić information content (AvgIpc) is 3.43. The summed E-state index contributed by atoms with van der Waals surface area (Å²) in [6.45, 7) is 2.47. The lowest BCUT2D eigenvalue weighted by Crippen LogP contribution is -2.42. The number of carbonyl (C=O) groups is 1. The van der Waals surface area contributed by atoms with E-state index in [1.807, 2.05) is 29.1 Å². The van der Waals surface area contributed by atoms with E-state index in [2.05, 4.69) is 41.9 Å². The molecule has 3 aromatic rings. The number of thiophene rings is 2. The quantitative estimate of drug-likeness (QED) is 0.568. The number of aromatic nitrogens is 1. The highest BCUT2D eigenvalue weighted by Crippen LogP contribution is 2.35. The van der Waals surface area contributed by atoms with Crippen molar-refractivity contribution in [2.45, 2.75) is 38.8 Å². The number of aryl methyl sites for hydroxylation is 1. The second-order valence-corrected chi connectivity index (χ2v) is 8.55. The molecule has 1 amide bonds. The first kappa shape index (κ1) is 18.1. The first-order chi connectivity index (χ1) is 13.2. The predicted octanol–water partition coefficient (Wildman–Crippen LogP) is 4.43. The van der Waals surface area contributed by atoms with Gasteiger partial charge in [0.15, 0.2) is 12.4 Å². The number of pyridine rings is 1. The van der Waals surface area contributed by atoms with E-state index in [1.54, 1.807) is 27.7 Å². The number of nitrogens with zero attached hydrogens (tertiary/aromatic N) is 3. The molecule has 1 atom stereocenters. The van der Waals surface area contributed by atoms with Gasteiger partial charge in [-0.05, 0) is 34.9 Å². The SMILES string of the molecule is CCCc1cc[n+](CC(=O)N2N=C(c3cccs3)C[C@H]2c2cccs2)cc1. The third-order valence-electron chi connectivity index (χ3n) is 4.66. The lowest BCUT2D eigenvalue weighted by Gasteiger charge is -2.19. The first-order valence-electron chi connectivity index (χ1n) is 9.19. The maximum absolute atomic E-state index is 13.1. The van der Waals surface area contributed by atoms with Crippen LogP contribution in [0.2, 0.25) is 0 Å². The fourth-order valence-electron chi connectivity index (χ4n) is 3.31. The Hall–Kier alpha value is -2.31. The summed E-state index contributed by atoms with van der Waals surface area (Å²) in [4.78, 5) is 15.4. The highest BCUT2D eigenvalue weighted by atomic mass is 32.1. The van der Waals surface area contributed by atoms with Gasteiger partial charge in [-0.25, -0.2) is 5.01 Å². The Bertz CT molecular complexity index is 915. The second-order valence-electron chi connectivity index (χ2n) is 6.63. The number of hydrazone groups is 1. The molecule has 0 saturated heterocycles. The van der Waals surface area contributed by atoms with Crippen molar-refractivity contribution in [2.75, 3.05) is 0 Å². The minimum Gasteiger partial charge on any atom is -0.265 e. The Morgan fingerprint density at radius 2 is 1.96 bits per heavy atom. The van der Waals surface area contributed by atoms with Gasteiger partial charge in [-0.1, -0.05) is 25.5 Å². The molecule has 0 N–H and O–H groups in total. The minimum absolute atomic E-state index is 0.00503. The largest absolute Gasteiger partial charge is 0.309 e. The number of carbonyl (C=O) groups excluding carboxylic acids is 1. The molecular formula is C21H22N3OS2+. The lowest BCUT2D eigenvalue weighted by molar-refractivity contribution is -0.685. The zero-order chi connectivity index (χ0) is 18.6. The van der Waals surface area contributed by atoms with Crippen LogP contribution in [0.25, 0.3) is 0 Å². The standard InChI is InChI=1S/C21H22N3OS2/c1-2-5-16-8-10-23(11-9-16)15-21(25)24-18(20-7-4-13-27-20)14-17(22-24)19-6-3-12-26-19/h3-4,6-13,18H,2,5,14-15H2,1H3/q+1/t18-/m0/s1. The smallest absolute Gasteiger partial charge is 0.265 e. The van der Waals surface area contributed by atoms with Gasteiger partial charge in [0.25, 0.3) is 0 Å². The summed E-state index contributed by atoms with van der Waals surface area (Å²) < 4.78 is 1.94. The van der Waals surface area contributed by atoms with Gasteiger partial charge < -0.3 is 0 Å². The fourth-order valence-corrected chi connectivity index (χ4v) is 4.84. The normalized spacial score (nSPS) is 16.6. The van der Waals surface area contributed by atoms with Crippen molar-refractivity contribution in [1.82, 2.24) is 5.01 Å². The van der Waals surface area contributed by atoms with E-state index in [-0.39, 0.29) is 11.9 Å². The van der Waals surface area contributed by atoms with Gasteiger partial charge >= 0.3 is 5.91 Å². The highest BCUT2D eigenvalue weighted by molar-refractivity contribution is 7.12. The van der Waals surface area contributed by atoms with Crippen molar-refractivity contribution in [1.29, 1.82) is 0 Å². The lowest BCUT2D eigenvalue weighted by atomic mass is 10.1. The molecule has 4 nitrogen and oxygen atoms in total. The van der Waals surface area contributed by atoms with Crippen molar-refractivity contribution in [2.24, 2.45) is 5.10 Å². The minimum atomic E-state index is -0.00503. The summed E-state index contributed by atoms with van der Waals surface area (Å²) in [6, 6.07) is 12.4. The van der Waals surface area contributed by atoms with Crippen LogP contribution in [0.15, 0.2) is 64.7 Å². The van der Waals surface area contributed by atoms with Crippen molar-refractivity contribution in [3.63, 3.8) is 0 Å². The third-order valence-corrected chi connectivity index (χ3v) is 6.55. The summed E-state index contributed by atoms with van der Waals surface area (Å²) in [7, 11) is 0. The van der Waals surface area contributed by atoms with Crippen molar-refractivity contribution in [3.05, 3.63) is 74.9 Å². The fraction of sp³-hybridized carbons (Fsp3) is 0.286. The third kappa shape index (κ3) is 4.01. The van der Waals surface area contributed by atoms with Crippen LogP contribution in [0.1, 0.15) is 41.1 Å². The Morgan fingerprint density at radius 3 is 2.63 bits per heavy atom. The van der Waals surface area contributed by atoms with Crippen LogP contribution in [0, 0.1) is 0 Å². The predicted molar refractivity (Wildman–Crippen MR) is 110 cm³/mol. The van der Waals surface area contributed by atoms with Crippen LogP contribution in [0.3, 0.4) is 0 Å². The summed E-state index contributed by atoms with van der Waals surface area (Å²) >= 11 is 3.36. The van der Waals surface area contributed by atoms with E-state index in [9.17, 15) is 4.79 Å². The number of hydrogen-bond donors (Lipinski definition) is 0. The number of hydrogen-bond acceptors (Lipinski definition) is 4. The van der Waals surface area contributed by atoms with Crippen LogP contribution >= 0.6 is 22.7 Å². The van der Waals surface area contributed by atoms with Crippen LogP contribution in [-0.4, -0.2) is 16.6 Å². The summed E-state index contributed by atoms with van der Waals surface area (Å²) in [5.41, 5.74) is 2.30. The zero-order valence-corrected chi connectivity index (χ0v) is 16.9. The molecule has 0 unspecified atom stereocenters. The van der Waals surface area contributed by atoms with Gasteiger partial charge in [0.2, 0.25) is 6.54 Å². The van der Waals surface area contributed by atoms with Crippen LogP contribution in [-0.2, 0) is 17.8 Å². The van der Waals surface area contributed by atoms with E-state index in [0.29, 0.717) is 6.54 Å². The molecule has 0 bridgehead atoms. The molecule has 1 aliphatic heterocycles. The monoisotopic (exact) mass is 396 g/mol. The van der Waals surface area contributed by atoms with Crippen molar-refractivity contribution in [3.8, 4) is 0 Å². The van der Waals surface area contributed by atoms with Crippen LogP contribution in [0.4, 0.5) is 0 Å². The zero-order valence-electron chi connectivity index (χ0n) is 15.2. The molecule has 138 valence electrons. The van der Waals surface area contributed by atoms with E-state index in [1.165, 1.54) is 10.4 Å². The van der Waals surface area contributed by atoms with Crippen molar-refractivity contribution < 1.29 is 9.36 Å². The molecule has 0 aliphatic carbocycles. The molecule has 0 fully saturated rings. The van der Waals surface area contributed by atoms with E-state index < -0.39 is 0 Å². The Labute approximate surface area is 167 Å². The average molecular weight is 397 g/mol. The molecule has 0 aromatic carbocycles. The van der Waals surface area contributed by atoms with Gasteiger partial charge in [0, 0.05) is 23.4 Å². The highest BCUT2D eigenvalue weighted by Gasteiger charge is 2.35. The molecule has 27 heavy (non-hydrogen) atoms. The van der Waals surface area contributed by atoms with E-state index >= 15 is 0 Å². The Balaban J connectivity index is 1.55.